The molecular weight excluding hydrogens is 446 g/mol. The molecule has 0 aliphatic rings. The smallest absolute Gasteiger partial charge is 0.271 e. The summed E-state index contributed by atoms with van der Waals surface area (Å²) >= 11 is 10.1. The molecule has 1 unspecified atom stereocenters. The van der Waals surface area contributed by atoms with E-state index in [0.717, 1.165) is 18.2 Å². The number of nitrogens with zero attached hydrogens (tertiary/aromatic N) is 1. The minimum atomic E-state index is -0.433. The molecule has 0 aliphatic carbocycles. The molecule has 7 heteroatoms. The van der Waals surface area contributed by atoms with Crippen LogP contribution in [-0.2, 0) is 0 Å². The second-order valence-electron chi connectivity index (χ2n) is 4.12. The monoisotopic (exact) mass is 457 g/mol. The van der Waals surface area contributed by atoms with Gasteiger partial charge >= 0.3 is 0 Å². The van der Waals surface area contributed by atoms with E-state index < -0.39 is 4.92 Å². The first-order chi connectivity index (χ1) is 8.99. The van der Waals surface area contributed by atoms with E-state index in [1.54, 1.807) is 0 Å². The second-order valence-corrected chi connectivity index (χ2v) is 6.47. The second kappa shape index (κ2) is 8.21. The van der Waals surface area contributed by atoms with E-state index in [0.29, 0.717) is 27.2 Å². The van der Waals surface area contributed by atoms with Crippen molar-refractivity contribution in [2.45, 2.75) is 19.8 Å². The Kier molecular flexibility index (Phi) is 7.31. The SMILES string of the molecule is CCCC(CBr)COc1c(Br)cc([N+](=O)[O-])cc1Br. The van der Waals surface area contributed by atoms with Crippen molar-refractivity contribution in [1.82, 2.24) is 0 Å². The lowest BCUT2D eigenvalue weighted by Gasteiger charge is -2.16. The number of benzene rings is 1. The summed E-state index contributed by atoms with van der Waals surface area (Å²) < 4.78 is 6.93. The minimum absolute atomic E-state index is 0.0247. The Bertz CT molecular complexity index is 431. The highest BCUT2D eigenvalue weighted by Crippen LogP contribution is 2.37. The molecule has 106 valence electrons. The normalized spacial score (nSPS) is 12.2. The number of halogens is 3. The predicted molar refractivity (Wildman–Crippen MR) is 86.2 cm³/mol. The number of hydrogen-bond donors (Lipinski definition) is 0. The number of hydrogen-bond acceptors (Lipinski definition) is 3. The van der Waals surface area contributed by atoms with Crippen LogP contribution in [0, 0.1) is 16.0 Å². The van der Waals surface area contributed by atoms with Gasteiger partial charge in [0.1, 0.15) is 5.75 Å². The van der Waals surface area contributed by atoms with Gasteiger partial charge < -0.3 is 4.74 Å². The Hall–Kier alpha value is -0.140. The average Bonchev–Trinajstić information content (AvgIpc) is 2.36. The fourth-order valence-corrected chi connectivity index (χ4v) is 3.51. The van der Waals surface area contributed by atoms with Crippen molar-refractivity contribution in [2.24, 2.45) is 5.92 Å². The lowest BCUT2D eigenvalue weighted by Crippen LogP contribution is -2.13. The summed E-state index contributed by atoms with van der Waals surface area (Å²) in [7, 11) is 0. The topological polar surface area (TPSA) is 52.4 Å². The summed E-state index contributed by atoms with van der Waals surface area (Å²) in [5.74, 6) is 1.03. The number of nitro benzene ring substituents is 1. The number of nitro groups is 1. The highest BCUT2D eigenvalue weighted by molar-refractivity contribution is 9.11. The van der Waals surface area contributed by atoms with Crippen LogP contribution in [0.15, 0.2) is 21.1 Å². The van der Waals surface area contributed by atoms with Crippen molar-refractivity contribution >= 4 is 53.5 Å². The van der Waals surface area contributed by atoms with E-state index in [9.17, 15) is 10.1 Å². The van der Waals surface area contributed by atoms with Gasteiger partial charge in [0.15, 0.2) is 0 Å². The molecule has 0 heterocycles. The first-order valence-electron chi connectivity index (χ1n) is 5.81. The number of rotatable bonds is 7. The summed E-state index contributed by atoms with van der Waals surface area (Å²) in [6.07, 6.45) is 2.18. The van der Waals surface area contributed by atoms with E-state index in [1.165, 1.54) is 12.1 Å². The van der Waals surface area contributed by atoms with Crippen molar-refractivity contribution in [1.29, 1.82) is 0 Å². The number of ether oxygens (including phenoxy) is 1. The molecule has 1 atom stereocenters. The number of alkyl halides is 1. The fraction of sp³-hybridized carbons (Fsp3) is 0.500. The van der Waals surface area contributed by atoms with Crippen molar-refractivity contribution in [2.75, 3.05) is 11.9 Å². The molecule has 1 aromatic rings. The molecule has 0 radical (unpaired) electrons. The quantitative estimate of drug-likeness (QED) is 0.315. The van der Waals surface area contributed by atoms with Gasteiger partial charge in [-0.2, -0.15) is 0 Å². The highest BCUT2D eigenvalue weighted by atomic mass is 79.9. The van der Waals surface area contributed by atoms with Crippen LogP contribution < -0.4 is 4.74 Å². The molecule has 0 saturated heterocycles. The number of non-ortho nitro benzene ring substituents is 1. The van der Waals surface area contributed by atoms with Crippen LogP contribution >= 0.6 is 47.8 Å². The zero-order chi connectivity index (χ0) is 14.4. The zero-order valence-corrected chi connectivity index (χ0v) is 15.1. The molecular formula is C12H14Br3NO3. The van der Waals surface area contributed by atoms with Crippen molar-refractivity contribution in [3.8, 4) is 5.75 Å². The Balaban J connectivity index is 2.81. The Morgan fingerprint density at radius 3 is 2.37 bits per heavy atom. The van der Waals surface area contributed by atoms with Crippen LogP contribution in [0.2, 0.25) is 0 Å². The molecule has 1 rings (SSSR count). The highest BCUT2D eigenvalue weighted by Gasteiger charge is 2.16. The Morgan fingerprint density at radius 1 is 1.37 bits per heavy atom. The van der Waals surface area contributed by atoms with E-state index in [1.807, 2.05) is 0 Å². The molecule has 0 saturated carbocycles. The van der Waals surface area contributed by atoms with Crippen LogP contribution in [0.1, 0.15) is 19.8 Å². The van der Waals surface area contributed by atoms with Gasteiger partial charge in [-0.05, 0) is 38.3 Å². The molecule has 0 aliphatic heterocycles. The van der Waals surface area contributed by atoms with Gasteiger partial charge in [-0.15, -0.1) is 0 Å². The van der Waals surface area contributed by atoms with E-state index >= 15 is 0 Å². The maximum atomic E-state index is 10.7. The van der Waals surface area contributed by atoms with E-state index in [2.05, 4.69) is 54.7 Å². The van der Waals surface area contributed by atoms with E-state index in [4.69, 9.17) is 4.74 Å². The summed E-state index contributed by atoms with van der Waals surface area (Å²) in [5, 5.41) is 11.6. The third kappa shape index (κ3) is 5.04. The largest absolute Gasteiger partial charge is 0.491 e. The van der Waals surface area contributed by atoms with Gasteiger partial charge in [-0.1, -0.05) is 29.3 Å². The van der Waals surface area contributed by atoms with Gasteiger partial charge in [0.2, 0.25) is 0 Å². The van der Waals surface area contributed by atoms with Crippen LogP contribution in [0.4, 0.5) is 5.69 Å². The molecule has 0 aromatic heterocycles. The van der Waals surface area contributed by atoms with Gasteiger partial charge in [-0.3, -0.25) is 10.1 Å². The molecule has 4 nitrogen and oxygen atoms in total. The van der Waals surface area contributed by atoms with Crippen LogP contribution in [0.25, 0.3) is 0 Å². The fourth-order valence-electron chi connectivity index (χ4n) is 1.60. The first-order valence-corrected chi connectivity index (χ1v) is 8.52. The van der Waals surface area contributed by atoms with Gasteiger partial charge in [0.25, 0.3) is 5.69 Å². The molecule has 0 spiro atoms. The molecule has 19 heavy (non-hydrogen) atoms. The van der Waals surface area contributed by atoms with Crippen LogP contribution in [0.3, 0.4) is 0 Å². The molecule has 0 N–H and O–H groups in total. The van der Waals surface area contributed by atoms with Crippen molar-refractivity contribution in [3.63, 3.8) is 0 Å². The van der Waals surface area contributed by atoms with Crippen molar-refractivity contribution in [3.05, 3.63) is 31.2 Å². The summed E-state index contributed by atoms with van der Waals surface area (Å²) in [5.41, 5.74) is 0.0247. The summed E-state index contributed by atoms with van der Waals surface area (Å²) in [4.78, 5) is 10.3. The minimum Gasteiger partial charge on any atom is -0.491 e. The third-order valence-electron chi connectivity index (χ3n) is 2.57. The lowest BCUT2D eigenvalue weighted by molar-refractivity contribution is -0.385. The predicted octanol–water partition coefficient (Wildman–Crippen LogP) is 5.31. The van der Waals surface area contributed by atoms with Crippen molar-refractivity contribution < 1.29 is 9.66 Å². The Labute approximate surface area is 137 Å². The zero-order valence-electron chi connectivity index (χ0n) is 10.4. The maximum absolute atomic E-state index is 10.7. The van der Waals surface area contributed by atoms with Gasteiger partial charge in [0.05, 0.1) is 20.5 Å². The first kappa shape index (κ1) is 16.9. The van der Waals surface area contributed by atoms with E-state index in [-0.39, 0.29) is 5.69 Å². The van der Waals surface area contributed by atoms with Crippen LogP contribution in [-0.4, -0.2) is 16.9 Å². The molecule has 0 bridgehead atoms. The van der Waals surface area contributed by atoms with Gasteiger partial charge in [-0.25, -0.2) is 0 Å². The summed E-state index contributed by atoms with van der Waals surface area (Å²) in [6.45, 7) is 2.71. The Morgan fingerprint density at radius 2 is 1.95 bits per heavy atom. The van der Waals surface area contributed by atoms with Crippen LogP contribution in [0.5, 0.6) is 5.75 Å². The maximum Gasteiger partial charge on any atom is 0.271 e. The standard InChI is InChI=1S/C12H14Br3NO3/c1-2-3-8(6-13)7-19-12-10(14)4-9(16(17)18)5-11(12)15/h4-5,8H,2-3,6-7H2,1H3. The van der Waals surface area contributed by atoms with Gasteiger partial charge in [0, 0.05) is 23.4 Å². The average molecular weight is 460 g/mol. The molecule has 0 fully saturated rings. The summed E-state index contributed by atoms with van der Waals surface area (Å²) in [6, 6.07) is 2.89. The molecule has 1 aromatic carbocycles. The lowest BCUT2D eigenvalue weighted by atomic mass is 10.1. The third-order valence-corrected chi connectivity index (χ3v) is 4.67. The molecule has 0 amide bonds.